The van der Waals surface area contributed by atoms with E-state index in [0.29, 0.717) is 26.1 Å². The molecule has 1 unspecified atom stereocenters. The average Bonchev–Trinajstić information content (AvgIpc) is 2.21. The first kappa shape index (κ1) is 13.4. The zero-order chi connectivity index (χ0) is 10.8. The van der Waals surface area contributed by atoms with Crippen LogP contribution >= 0.6 is 0 Å². The van der Waals surface area contributed by atoms with Gasteiger partial charge in [0.2, 0.25) is 5.91 Å². The molecule has 0 aliphatic heterocycles. The minimum atomic E-state index is -0.742. The Balaban J connectivity index is 3.22. The molecule has 1 amide bonds. The Morgan fingerprint density at radius 1 is 1.43 bits per heavy atom. The van der Waals surface area contributed by atoms with Crippen molar-refractivity contribution in [1.82, 2.24) is 10.6 Å². The SMILES string of the molecule is CCCNC(=O)CCNCC(O)CO. The summed E-state index contributed by atoms with van der Waals surface area (Å²) >= 11 is 0. The van der Waals surface area contributed by atoms with Crippen molar-refractivity contribution >= 4 is 5.91 Å². The van der Waals surface area contributed by atoms with Crippen LogP contribution in [0.3, 0.4) is 0 Å². The zero-order valence-electron chi connectivity index (χ0n) is 8.62. The van der Waals surface area contributed by atoms with E-state index in [1.165, 1.54) is 0 Å². The van der Waals surface area contributed by atoms with Crippen molar-refractivity contribution in [3.8, 4) is 0 Å². The summed E-state index contributed by atoms with van der Waals surface area (Å²) < 4.78 is 0. The summed E-state index contributed by atoms with van der Waals surface area (Å²) in [6.45, 7) is 3.29. The Morgan fingerprint density at radius 3 is 2.71 bits per heavy atom. The Bertz CT molecular complexity index is 153. The number of aliphatic hydroxyl groups excluding tert-OH is 2. The van der Waals surface area contributed by atoms with Gasteiger partial charge in [0.05, 0.1) is 12.7 Å². The minimum Gasteiger partial charge on any atom is -0.394 e. The lowest BCUT2D eigenvalue weighted by Gasteiger charge is -2.08. The fraction of sp³-hybridized carbons (Fsp3) is 0.889. The number of hydrogen-bond acceptors (Lipinski definition) is 4. The molecule has 14 heavy (non-hydrogen) atoms. The van der Waals surface area contributed by atoms with E-state index in [2.05, 4.69) is 10.6 Å². The summed E-state index contributed by atoms with van der Waals surface area (Å²) in [6.07, 6.45) is 0.592. The maximum atomic E-state index is 11.1. The highest BCUT2D eigenvalue weighted by Crippen LogP contribution is 1.81. The van der Waals surface area contributed by atoms with Crippen molar-refractivity contribution in [3.63, 3.8) is 0 Å². The molecule has 84 valence electrons. The first-order chi connectivity index (χ1) is 6.70. The highest BCUT2D eigenvalue weighted by Gasteiger charge is 2.02. The summed E-state index contributed by atoms with van der Waals surface area (Å²) in [5.74, 6) is 0.0119. The maximum absolute atomic E-state index is 11.1. The highest BCUT2D eigenvalue weighted by atomic mass is 16.3. The van der Waals surface area contributed by atoms with Crippen molar-refractivity contribution in [2.45, 2.75) is 25.9 Å². The topological polar surface area (TPSA) is 81.6 Å². The molecule has 5 nitrogen and oxygen atoms in total. The van der Waals surface area contributed by atoms with E-state index in [0.717, 1.165) is 6.42 Å². The number of rotatable bonds is 8. The summed E-state index contributed by atoms with van der Waals surface area (Å²) in [4.78, 5) is 11.1. The number of amides is 1. The summed E-state index contributed by atoms with van der Waals surface area (Å²) in [5, 5.41) is 23.1. The lowest BCUT2D eigenvalue weighted by atomic mass is 10.3. The van der Waals surface area contributed by atoms with E-state index >= 15 is 0 Å². The predicted octanol–water partition coefficient (Wildman–Crippen LogP) is -1.15. The van der Waals surface area contributed by atoms with Gasteiger partial charge >= 0.3 is 0 Å². The Kier molecular flexibility index (Phi) is 8.51. The van der Waals surface area contributed by atoms with Gasteiger partial charge < -0.3 is 20.8 Å². The van der Waals surface area contributed by atoms with Crippen LogP contribution < -0.4 is 10.6 Å². The van der Waals surface area contributed by atoms with Crippen LogP contribution in [0.4, 0.5) is 0 Å². The lowest BCUT2D eigenvalue weighted by Crippen LogP contribution is -2.33. The molecule has 5 heteroatoms. The van der Waals surface area contributed by atoms with Crippen molar-refractivity contribution in [3.05, 3.63) is 0 Å². The molecule has 0 spiro atoms. The van der Waals surface area contributed by atoms with Gasteiger partial charge in [-0.15, -0.1) is 0 Å². The number of nitrogens with one attached hydrogen (secondary N) is 2. The van der Waals surface area contributed by atoms with Gasteiger partial charge in [-0.2, -0.15) is 0 Å². The number of carbonyl (C=O) groups is 1. The first-order valence-electron chi connectivity index (χ1n) is 4.97. The van der Waals surface area contributed by atoms with Gasteiger partial charge in [-0.25, -0.2) is 0 Å². The fourth-order valence-corrected chi connectivity index (χ4v) is 0.888. The normalized spacial score (nSPS) is 12.5. The molecule has 0 aromatic rings. The molecule has 0 fully saturated rings. The van der Waals surface area contributed by atoms with Crippen molar-refractivity contribution in [2.24, 2.45) is 0 Å². The van der Waals surface area contributed by atoms with Crippen molar-refractivity contribution < 1.29 is 15.0 Å². The van der Waals surface area contributed by atoms with E-state index in [1.807, 2.05) is 6.92 Å². The van der Waals surface area contributed by atoms with Crippen LogP contribution in [-0.2, 0) is 4.79 Å². The molecule has 0 aromatic carbocycles. The Labute approximate surface area is 84.5 Å². The van der Waals surface area contributed by atoms with Gasteiger partial charge in [-0.1, -0.05) is 6.92 Å². The summed E-state index contributed by atoms with van der Waals surface area (Å²) in [6, 6.07) is 0. The van der Waals surface area contributed by atoms with E-state index in [1.54, 1.807) is 0 Å². The van der Waals surface area contributed by atoms with Gasteiger partial charge in [0.15, 0.2) is 0 Å². The van der Waals surface area contributed by atoms with E-state index in [9.17, 15) is 4.79 Å². The van der Waals surface area contributed by atoms with Gasteiger partial charge in [0, 0.05) is 26.1 Å². The second-order valence-corrected chi connectivity index (χ2v) is 3.14. The second kappa shape index (κ2) is 8.93. The zero-order valence-corrected chi connectivity index (χ0v) is 8.62. The van der Waals surface area contributed by atoms with Crippen LogP contribution in [0.5, 0.6) is 0 Å². The van der Waals surface area contributed by atoms with Crippen LogP contribution in [-0.4, -0.2) is 48.5 Å². The molecule has 1 atom stereocenters. The van der Waals surface area contributed by atoms with Gasteiger partial charge in [0.1, 0.15) is 0 Å². The van der Waals surface area contributed by atoms with Crippen LogP contribution in [0.1, 0.15) is 19.8 Å². The second-order valence-electron chi connectivity index (χ2n) is 3.14. The van der Waals surface area contributed by atoms with Crippen molar-refractivity contribution in [1.29, 1.82) is 0 Å². The molecular formula is C9H20N2O3. The van der Waals surface area contributed by atoms with Gasteiger partial charge in [-0.3, -0.25) is 4.79 Å². The molecule has 0 bridgehead atoms. The lowest BCUT2D eigenvalue weighted by molar-refractivity contribution is -0.121. The molecule has 0 heterocycles. The third kappa shape index (κ3) is 7.97. The van der Waals surface area contributed by atoms with Crippen LogP contribution in [0, 0.1) is 0 Å². The molecule has 0 aliphatic carbocycles. The molecule has 0 aliphatic rings. The van der Waals surface area contributed by atoms with E-state index < -0.39 is 6.10 Å². The number of hydrogen-bond donors (Lipinski definition) is 4. The molecule has 0 aromatic heterocycles. The maximum Gasteiger partial charge on any atom is 0.221 e. The fourth-order valence-electron chi connectivity index (χ4n) is 0.888. The smallest absolute Gasteiger partial charge is 0.221 e. The molecule has 0 saturated heterocycles. The third-order valence-electron chi connectivity index (χ3n) is 1.69. The van der Waals surface area contributed by atoms with Crippen molar-refractivity contribution in [2.75, 3.05) is 26.2 Å². The number of aliphatic hydroxyl groups is 2. The molecule has 0 saturated carbocycles. The molecule has 0 rings (SSSR count). The van der Waals surface area contributed by atoms with Crippen LogP contribution in [0.2, 0.25) is 0 Å². The third-order valence-corrected chi connectivity index (χ3v) is 1.69. The van der Waals surface area contributed by atoms with Gasteiger partial charge in [0.25, 0.3) is 0 Å². The largest absolute Gasteiger partial charge is 0.394 e. The number of carbonyl (C=O) groups excluding carboxylic acids is 1. The predicted molar refractivity (Wildman–Crippen MR) is 53.9 cm³/mol. The first-order valence-corrected chi connectivity index (χ1v) is 4.97. The molecular weight excluding hydrogens is 184 g/mol. The summed E-state index contributed by atoms with van der Waals surface area (Å²) in [7, 11) is 0. The Morgan fingerprint density at radius 2 is 2.14 bits per heavy atom. The van der Waals surface area contributed by atoms with E-state index in [-0.39, 0.29) is 12.5 Å². The highest BCUT2D eigenvalue weighted by molar-refractivity contribution is 5.75. The van der Waals surface area contributed by atoms with E-state index in [4.69, 9.17) is 10.2 Å². The molecule has 0 radical (unpaired) electrons. The minimum absolute atomic E-state index is 0.0119. The Hall–Kier alpha value is -0.650. The van der Waals surface area contributed by atoms with Gasteiger partial charge in [-0.05, 0) is 6.42 Å². The standard InChI is InChI=1S/C9H20N2O3/c1-2-4-11-9(14)3-5-10-6-8(13)7-12/h8,10,12-13H,2-7H2,1H3,(H,11,14). The van der Waals surface area contributed by atoms with Crippen LogP contribution in [0.25, 0.3) is 0 Å². The average molecular weight is 204 g/mol. The monoisotopic (exact) mass is 204 g/mol. The van der Waals surface area contributed by atoms with Crippen LogP contribution in [0.15, 0.2) is 0 Å². The molecule has 4 N–H and O–H groups in total. The summed E-state index contributed by atoms with van der Waals surface area (Å²) in [5.41, 5.74) is 0. The quantitative estimate of drug-likeness (QED) is 0.376.